The number of carboxylic acids is 1. The lowest BCUT2D eigenvalue weighted by atomic mass is 10.2. The van der Waals surface area contributed by atoms with Gasteiger partial charge >= 0.3 is 5.97 Å². The predicted molar refractivity (Wildman–Crippen MR) is 77.8 cm³/mol. The molecule has 0 amide bonds. The summed E-state index contributed by atoms with van der Waals surface area (Å²) < 4.78 is 27.0. The number of halogens is 2. The van der Waals surface area contributed by atoms with E-state index >= 15 is 0 Å². The number of carboxylic acid groups (broad SMARTS) is 1. The first-order valence-electron chi connectivity index (χ1n) is 6.66. The van der Waals surface area contributed by atoms with Crippen molar-refractivity contribution in [3.05, 3.63) is 36.3 Å². The first-order valence-corrected chi connectivity index (χ1v) is 6.66. The van der Waals surface area contributed by atoms with Crippen molar-refractivity contribution in [2.24, 2.45) is 0 Å². The molecule has 3 heterocycles. The van der Waals surface area contributed by atoms with Gasteiger partial charge in [-0.3, -0.25) is 4.79 Å². The minimum atomic E-state index is -1.01. The molecule has 118 valence electrons. The van der Waals surface area contributed by atoms with E-state index in [4.69, 9.17) is 5.11 Å². The molecule has 0 aliphatic carbocycles. The van der Waals surface area contributed by atoms with Crippen LogP contribution in [0.15, 0.2) is 24.7 Å². The number of nitrogens with one attached hydrogen (secondary N) is 2. The highest BCUT2D eigenvalue weighted by molar-refractivity contribution is 5.91. The maximum Gasteiger partial charge on any atom is 0.305 e. The lowest BCUT2D eigenvalue weighted by Crippen LogP contribution is -2.10. The van der Waals surface area contributed by atoms with Crippen LogP contribution in [0.2, 0.25) is 0 Å². The Labute approximate surface area is 128 Å². The van der Waals surface area contributed by atoms with Gasteiger partial charge in [0.15, 0.2) is 17.5 Å². The maximum absolute atomic E-state index is 13.7. The molecular weight excluding hydrogens is 308 g/mol. The van der Waals surface area contributed by atoms with Gasteiger partial charge in [-0.05, 0) is 6.07 Å². The summed E-state index contributed by atoms with van der Waals surface area (Å²) in [6.07, 6.45) is 3.41. The third-order valence-corrected chi connectivity index (χ3v) is 3.11. The van der Waals surface area contributed by atoms with Crippen LogP contribution in [0.1, 0.15) is 6.42 Å². The molecule has 0 bridgehead atoms. The molecule has 23 heavy (non-hydrogen) atoms. The zero-order chi connectivity index (χ0) is 16.4. The number of aliphatic carboxylic acids is 1. The molecule has 0 saturated heterocycles. The fourth-order valence-corrected chi connectivity index (χ4v) is 2.07. The molecule has 0 aromatic carbocycles. The number of H-pyrrole nitrogens is 1. The number of anilines is 1. The molecule has 0 atom stereocenters. The molecule has 7 nitrogen and oxygen atoms in total. The zero-order valence-corrected chi connectivity index (χ0v) is 11.7. The van der Waals surface area contributed by atoms with E-state index in [1.807, 2.05) is 0 Å². The van der Waals surface area contributed by atoms with Gasteiger partial charge in [-0.25, -0.2) is 23.7 Å². The van der Waals surface area contributed by atoms with Crippen LogP contribution in [0.25, 0.3) is 22.4 Å². The van der Waals surface area contributed by atoms with E-state index in [9.17, 15) is 13.6 Å². The summed E-state index contributed by atoms with van der Waals surface area (Å²) in [5, 5.41) is 11.7. The Morgan fingerprint density at radius 1 is 1.30 bits per heavy atom. The lowest BCUT2D eigenvalue weighted by Gasteiger charge is -2.06. The van der Waals surface area contributed by atoms with Crippen LogP contribution in [0.5, 0.6) is 0 Å². The molecule has 9 heteroatoms. The van der Waals surface area contributed by atoms with Gasteiger partial charge < -0.3 is 15.4 Å². The Bertz CT molecular complexity index is 881. The molecule has 0 saturated carbocycles. The summed E-state index contributed by atoms with van der Waals surface area (Å²) in [6, 6.07) is 1.28. The molecule has 3 aromatic heterocycles. The first kappa shape index (κ1) is 14.8. The van der Waals surface area contributed by atoms with Gasteiger partial charge in [-0.1, -0.05) is 0 Å². The lowest BCUT2D eigenvalue weighted by molar-refractivity contribution is -0.136. The number of aromatic amines is 1. The molecule has 3 N–H and O–H groups in total. The molecule has 0 aliphatic rings. The van der Waals surface area contributed by atoms with E-state index in [0.29, 0.717) is 16.6 Å². The SMILES string of the molecule is O=C(O)CCNc1nc(-c2c[nH]c3ncc(F)cc23)ncc1F. The van der Waals surface area contributed by atoms with E-state index in [1.54, 1.807) is 6.20 Å². The summed E-state index contributed by atoms with van der Waals surface area (Å²) in [5.41, 5.74) is 0.919. The minimum Gasteiger partial charge on any atom is -0.481 e. The van der Waals surface area contributed by atoms with E-state index < -0.39 is 17.6 Å². The molecule has 3 aromatic rings. The third kappa shape index (κ3) is 3.07. The number of rotatable bonds is 5. The van der Waals surface area contributed by atoms with Gasteiger partial charge in [0.25, 0.3) is 0 Å². The Balaban J connectivity index is 1.95. The summed E-state index contributed by atoms with van der Waals surface area (Å²) in [6.45, 7) is 0.0206. The monoisotopic (exact) mass is 319 g/mol. The van der Waals surface area contributed by atoms with Gasteiger partial charge in [-0.2, -0.15) is 0 Å². The Morgan fingerprint density at radius 3 is 2.91 bits per heavy atom. The number of aromatic nitrogens is 4. The minimum absolute atomic E-state index is 0.0206. The van der Waals surface area contributed by atoms with Crippen molar-refractivity contribution in [2.45, 2.75) is 6.42 Å². The smallest absolute Gasteiger partial charge is 0.305 e. The fraction of sp³-hybridized carbons (Fsp3) is 0.143. The second kappa shape index (κ2) is 5.95. The van der Waals surface area contributed by atoms with Crippen LogP contribution >= 0.6 is 0 Å². The highest BCUT2D eigenvalue weighted by Gasteiger charge is 2.13. The van der Waals surface area contributed by atoms with E-state index in [2.05, 4.69) is 25.3 Å². The van der Waals surface area contributed by atoms with Crippen LogP contribution in [-0.2, 0) is 4.79 Å². The van der Waals surface area contributed by atoms with Crippen molar-refractivity contribution in [1.29, 1.82) is 0 Å². The Morgan fingerprint density at radius 2 is 2.13 bits per heavy atom. The number of hydrogen-bond donors (Lipinski definition) is 3. The molecular formula is C14H11F2N5O2. The van der Waals surface area contributed by atoms with E-state index in [-0.39, 0.29) is 24.6 Å². The summed E-state index contributed by atoms with van der Waals surface area (Å²) >= 11 is 0. The van der Waals surface area contributed by atoms with Gasteiger partial charge in [0.2, 0.25) is 0 Å². The van der Waals surface area contributed by atoms with Crippen LogP contribution in [0.4, 0.5) is 14.6 Å². The summed E-state index contributed by atoms with van der Waals surface area (Å²) in [5.74, 6) is -2.17. The zero-order valence-electron chi connectivity index (χ0n) is 11.7. The predicted octanol–water partition coefficient (Wildman–Crippen LogP) is 2.18. The van der Waals surface area contributed by atoms with Crippen LogP contribution in [0.3, 0.4) is 0 Å². The third-order valence-electron chi connectivity index (χ3n) is 3.11. The highest BCUT2D eigenvalue weighted by atomic mass is 19.1. The quantitative estimate of drug-likeness (QED) is 0.666. The number of nitrogens with zero attached hydrogens (tertiary/aromatic N) is 3. The summed E-state index contributed by atoms with van der Waals surface area (Å²) in [4.78, 5) is 25.2. The average molecular weight is 319 g/mol. The van der Waals surface area contributed by atoms with Gasteiger partial charge in [-0.15, -0.1) is 0 Å². The van der Waals surface area contributed by atoms with Crippen LogP contribution in [-0.4, -0.2) is 37.6 Å². The molecule has 0 spiro atoms. The normalized spacial score (nSPS) is 10.9. The molecule has 0 fully saturated rings. The van der Waals surface area contributed by atoms with Crippen molar-refractivity contribution < 1.29 is 18.7 Å². The second-order valence-corrected chi connectivity index (χ2v) is 4.71. The molecule has 3 rings (SSSR count). The average Bonchev–Trinajstić information content (AvgIpc) is 2.92. The Hall–Kier alpha value is -3.10. The number of pyridine rings is 1. The molecule has 0 radical (unpaired) electrons. The number of hydrogen-bond acceptors (Lipinski definition) is 5. The van der Waals surface area contributed by atoms with Gasteiger partial charge in [0.1, 0.15) is 11.5 Å². The van der Waals surface area contributed by atoms with Gasteiger partial charge in [0.05, 0.1) is 18.8 Å². The van der Waals surface area contributed by atoms with Crippen molar-refractivity contribution in [3.8, 4) is 11.4 Å². The van der Waals surface area contributed by atoms with Crippen molar-refractivity contribution in [2.75, 3.05) is 11.9 Å². The van der Waals surface area contributed by atoms with Crippen LogP contribution in [0, 0.1) is 11.6 Å². The standard InChI is InChI=1S/C14H11F2N5O2/c15-7-3-8-9(5-19-12(8)18-4-7)13-20-6-10(16)14(21-13)17-2-1-11(22)23/h3-6H,1-2H2,(H,18,19)(H,22,23)(H,17,20,21). The summed E-state index contributed by atoms with van der Waals surface area (Å²) in [7, 11) is 0. The first-order chi connectivity index (χ1) is 11.0. The fourth-order valence-electron chi connectivity index (χ4n) is 2.07. The van der Waals surface area contributed by atoms with Crippen molar-refractivity contribution in [3.63, 3.8) is 0 Å². The topological polar surface area (TPSA) is 104 Å². The highest BCUT2D eigenvalue weighted by Crippen LogP contribution is 2.26. The number of fused-ring (bicyclic) bond motifs is 1. The van der Waals surface area contributed by atoms with Crippen molar-refractivity contribution >= 4 is 22.8 Å². The largest absolute Gasteiger partial charge is 0.481 e. The Kier molecular flexibility index (Phi) is 3.83. The van der Waals surface area contributed by atoms with E-state index in [0.717, 1.165) is 12.4 Å². The van der Waals surface area contributed by atoms with Gasteiger partial charge in [0, 0.05) is 23.7 Å². The van der Waals surface area contributed by atoms with E-state index in [1.165, 1.54) is 6.07 Å². The second-order valence-electron chi connectivity index (χ2n) is 4.71. The van der Waals surface area contributed by atoms with Crippen LogP contribution < -0.4 is 5.32 Å². The number of carbonyl (C=O) groups is 1. The molecule has 0 aliphatic heterocycles. The maximum atomic E-state index is 13.7. The van der Waals surface area contributed by atoms with Crippen molar-refractivity contribution in [1.82, 2.24) is 19.9 Å². The molecule has 0 unspecified atom stereocenters.